The van der Waals surface area contributed by atoms with Crippen molar-refractivity contribution in [1.82, 2.24) is 10.2 Å². The Kier molecular flexibility index (Phi) is 6.28. The van der Waals surface area contributed by atoms with Crippen molar-refractivity contribution in [1.29, 1.82) is 0 Å². The molecule has 32 heavy (non-hydrogen) atoms. The molecule has 1 aliphatic heterocycles. The Labute approximate surface area is 193 Å². The van der Waals surface area contributed by atoms with Crippen molar-refractivity contribution in [3.05, 3.63) is 77.0 Å². The van der Waals surface area contributed by atoms with Crippen LogP contribution in [0, 0.1) is 5.92 Å². The summed E-state index contributed by atoms with van der Waals surface area (Å²) in [4.78, 5) is 27.1. The topological polar surface area (TPSA) is 70.7 Å². The number of anilines is 1. The van der Waals surface area contributed by atoms with E-state index in [1.54, 1.807) is 11.8 Å². The summed E-state index contributed by atoms with van der Waals surface area (Å²) in [5.74, 6) is -0.0331. The molecular formula is C25H27N3O3S. The molecular weight excluding hydrogens is 422 g/mol. The van der Waals surface area contributed by atoms with E-state index in [1.807, 2.05) is 56.4 Å². The van der Waals surface area contributed by atoms with Crippen molar-refractivity contribution in [2.75, 3.05) is 19.0 Å². The van der Waals surface area contributed by atoms with Gasteiger partial charge in [0.25, 0.3) is 0 Å². The first-order valence-corrected chi connectivity index (χ1v) is 11.2. The minimum atomic E-state index is -0.409. The molecule has 1 saturated carbocycles. The van der Waals surface area contributed by atoms with E-state index in [9.17, 15) is 9.59 Å². The van der Waals surface area contributed by atoms with Gasteiger partial charge >= 0.3 is 5.97 Å². The van der Waals surface area contributed by atoms with Gasteiger partial charge in [0.1, 0.15) is 0 Å². The Morgan fingerprint density at radius 2 is 1.81 bits per heavy atom. The molecule has 6 nitrogen and oxygen atoms in total. The minimum absolute atomic E-state index is 0.00555. The van der Waals surface area contributed by atoms with Crippen LogP contribution in [0.1, 0.15) is 43.4 Å². The molecule has 1 aliphatic carbocycles. The molecule has 0 bridgehead atoms. The first kappa shape index (κ1) is 22.0. The summed E-state index contributed by atoms with van der Waals surface area (Å²) in [5.41, 5.74) is 4.10. The van der Waals surface area contributed by atoms with Gasteiger partial charge in [-0.2, -0.15) is 0 Å². The first-order valence-electron chi connectivity index (χ1n) is 10.8. The van der Waals surface area contributed by atoms with Crippen LogP contribution in [0.4, 0.5) is 5.69 Å². The SMILES string of the molecule is CCOC(=O)C1=C(C)N(C)C(=S)N[C@@H]1c1ccc(NC(=O)[C@H]2C[C@@H]2c2ccccc2)cc1. The molecule has 2 aromatic rings. The standard InChI is InChI=1S/C25H27N3O3S/c1-4-31-24(30)21-15(2)28(3)25(32)27-22(21)17-10-12-18(13-11-17)26-23(29)20-14-19(20)16-8-6-5-7-9-16/h5-13,19-20,22H,4,14H2,1-3H3,(H,26,29)(H,27,32)/t19-,20+,22-/m1/s1. The number of carbonyl (C=O) groups is 2. The maximum absolute atomic E-state index is 12.7. The van der Waals surface area contributed by atoms with Crippen LogP contribution in [0.5, 0.6) is 0 Å². The van der Waals surface area contributed by atoms with E-state index in [0.29, 0.717) is 23.2 Å². The zero-order valence-corrected chi connectivity index (χ0v) is 19.2. The largest absolute Gasteiger partial charge is 0.463 e. The number of ether oxygens (including phenoxy) is 1. The van der Waals surface area contributed by atoms with Gasteiger partial charge in [0.15, 0.2) is 5.11 Å². The maximum Gasteiger partial charge on any atom is 0.338 e. The highest BCUT2D eigenvalue weighted by molar-refractivity contribution is 7.80. The Hall–Kier alpha value is -3.19. The number of amides is 1. The third kappa shape index (κ3) is 4.39. The van der Waals surface area contributed by atoms with Crippen LogP contribution in [0.25, 0.3) is 0 Å². The summed E-state index contributed by atoms with van der Waals surface area (Å²) in [6.45, 7) is 3.94. The molecule has 1 fully saturated rings. The van der Waals surface area contributed by atoms with Crippen molar-refractivity contribution < 1.29 is 14.3 Å². The van der Waals surface area contributed by atoms with Crippen LogP contribution in [0.15, 0.2) is 65.9 Å². The second-order valence-corrected chi connectivity index (χ2v) is 8.52. The molecule has 1 heterocycles. The summed E-state index contributed by atoms with van der Waals surface area (Å²) in [7, 11) is 1.82. The van der Waals surface area contributed by atoms with Crippen LogP contribution in [-0.2, 0) is 14.3 Å². The molecule has 1 amide bonds. The van der Waals surface area contributed by atoms with E-state index in [4.69, 9.17) is 17.0 Å². The van der Waals surface area contributed by atoms with E-state index in [2.05, 4.69) is 22.8 Å². The second kappa shape index (κ2) is 9.12. The summed E-state index contributed by atoms with van der Waals surface area (Å²) in [6.07, 6.45) is 0.873. The molecule has 2 aliphatic rings. The van der Waals surface area contributed by atoms with Gasteiger partial charge in [0, 0.05) is 24.4 Å². The Morgan fingerprint density at radius 3 is 2.47 bits per heavy atom. The molecule has 0 aromatic heterocycles. The Balaban J connectivity index is 1.47. The third-order valence-electron chi connectivity index (χ3n) is 6.12. The lowest BCUT2D eigenvalue weighted by Crippen LogP contribution is -2.46. The second-order valence-electron chi connectivity index (χ2n) is 8.13. The van der Waals surface area contributed by atoms with Crippen molar-refractivity contribution in [2.45, 2.75) is 32.2 Å². The fraction of sp³-hybridized carbons (Fsp3) is 0.320. The Morgan fingerprint density at radius 1 is 1.12 bits per heavy atom. The predicted molar refractivity (Wildman–Crippen MR) is 128 cm³/mol. The van der Waals surface area contributed by atoms with Gasteiger partial charge in [0.05, 0.1) is 18.2 Å². The summed E-state index contributed by atoms with van der Waals surface area (Å²) in [5, 5.41) is 6.78. The zero-order valence-electron chi connectivity index (χ0n) is 18.4. The minimum Gasteiger partial charge on any atom is -0.463 e. The van der Waals surface area contributed by atoms with Crippen molar-refractivity contribution in [3.8, 4) is 0 Å². The van der Waals surface area contributed by atoms with Crippen LogP contribution in [0.3, 0.4) is 0 Å². The fourth-order valence-corrected chi connectivity index (χ4v) is 4.36. The fourth-order valence-electron chi connectivity index (χ4n) is 4.11. The van der Waals surface area contributed by atoms with Crippen molar-refractivity contribution in [2.24, 2.45) is 5.92 Å². The van der Waals surface area contributed by atoms with Crippen LogP contribution in [0.2, 0.25) is 0 Å². The highest BCUT2D eigenvalue weighted by atomic mass is 32.1. The quantitative estimate of drug-likeness (QED) is 0.511. The van der Waals surface area contributed by atoms with Gasteiger partial charge in [-0.25, -0.2) is 4.79 Å². The van der Waals surface area contributed by atoms with E-state index in [1.165, 1.54) is 5.56 Å². The lowest BCUT2D eigenvalue weighted by atomic mass is 9.95. The van der Waals surface area contributed by atoms with Gasteiger partial charge in [-0.1, -0.05) is 42.5 Å². The number of nitrogens with one attached hydrogen (secondary N) is 2. The molecule has 0 saturated heterocycles. The summed E-state index contributed by atoms with van der Waals surface area (Å²) >= 11 is 5.43. The normalized spacial score (nSPS) is 22.3. The molecule has 2 N–H and O–H groups in total. The molecule has 166 valence electrons. The molecule has 0 unspecified atom stereocenters. The van der Waals surface area contributed by atoms with E-state index in [-0.39, 0.29) is 17.8 Å². The van der Waals surface area contributed by atoms with E-state index in [0.717, 1.165) is 23.4 Å². The average molecular weight is 450 g/mol. The summed E-state index contributed by atoms with van der Waals surface area (Å²) < 4.78 is 5.28. The molecule has 3 atom stereocenters. The average Bonchev–Trinajstić information content (AvgIpc) is 3.60. The number of allylic oxidation sites excluding steroid dienone is 1. The highest BCUT2D eigenvalue weighted by Crippen LogP contribution is 2.47. The number of carbonyl (C=O) groups excluding carboxylic acids is 2. The number of thiocarbonyl (C=S) groups is 1. The van der Waals surface area contributed by atoms with Crippen LogP contribution < -0.4 is 10.6 Å². The molecule has 4 rings (SSSR count). The Bertz CT molecular complexity index is 1070. The molecule has 2 aromatic carbocycles. The van der Waals surface area contributed by atoms with Crippen LogP contribution in [-0.4, -0.2) is 35.5 Å². The molecule has 7 heteroatoms. The van der Waals surface area contributed by atoms with Gasteiger partial charge in [-0.05, 0) is 61.7 Å². The van der Waals surface area contributed by atoms with Gasteiger partial charge in [-0.3, -0.25) is 4.79 Å². The first-order chi connectivity index (χ1) is 15.4. The van der Waals surface area contributed by atoms with Crippen LogP contribution >= 0.6 is 12.2 Å². The number of hydrogen-bond acceptors (Lipinski definition) is 4. The number of rotatable bonds is 6. The highest BCUT2D eigenvalue weighted by Gasteiger charge is 2.43. The maximum atomic E-state index is 12.7. The van der Waals surface area contributed by atoms with Gasteiger partial charge < -0.3 is 20.3 Å². The van der Waals surface area contributed by atoms with Gasteiger partial charge in [0.2, 0.25) is 5.91 Å². The number of nitrogens with zero attached hydrogens (tertiary/aromatic N) is 1. The monoisotopic (exact) mass is 449 g/mol. The van der Waals surface area contributed by atoms with E-state index >= 15 is 0 Å². The third-order valence-corrected chi connectivity index (χ3v) is 6.51. The number of esters is 1. The number of benzene rings is 2. The van der Waals surface area contributed by atoms with E-state index < -0.39 is 6.04 Å². The lowest BCUT2D eigenvalue weighted by molar-refractivity contribution is -0.139. The molecule has 0 spiro atoms. The van der Waals surface area contributed by atoms with Crippen molar-refractivity contribution in [3.63, 3.8) is 0 Å². The zero-order chi connectivity index (χ0) is 22.8. The smallest absolute Gasteiger partial charge is 0.338 e. The summed E-state index contributed by atoms with van der Waals surface area (Å²) in [6, 6.07) is 17.2. The molecule has 0 radical (unpaired) electrons. The predicted octanol–water partition coefficient (Wildman–Crippen LogP) is 4.13. The lowest BCUT2D eigenvalue weighted by Gasteiger charge is -2.35. The van der Waals surface area contributed by atoms with Crippen molar-refractivity contribution >= 4 is 34.9 Å². The number of hydrogen-bond donors (Lipinski definition) is 2. The van der Waals surface area contributed by atoms with Gasteiger partial charge in [-0.15, -0.1) is 0 Å².